The molecule has 0 bridgehead atoms. The lowest BCUT2D eigenvalue weighted by Gasteiger charge is -2.35. The van der Waals surface area contributed by atoms with Crippen LogP contribution < -0.4 is 18.9 Å². The van der Waals surface area contributed by atoms with E-state index in [4.69, 9.17) is 18.9 Å². The summed E-state index contributed by atoms with van der Waals surface area (Å²) in [6.45, 7) is 14.9. The second kappa shape index (κ2) is 15.0. The molecular formula is C38H48ClNO7. The number of aromatic hydroxyl groups is 1. The summed E-state index contributed by atoms with van der Waals surface area (Å²) in [5.74, 6) is 0.799. The van der Waals surface area contributed by atoms with Crippen molar-refractivity contribution in [1.82, 2.24) is 4.90 Å². The maximum atomic E-state index is 12.6. The van der Waals surface area contributed by atoms with Gasteiger partial charge in [0.15, 0.2) is 0 Å². The Morgan fingerprint density at radius 2 is 1.34 bits per heavy atom. The first-order chi connectivity index (χ1) is 21.8. The van der Waals surface area contributed by atoms with E-state index >= 15 is 0 Å². The van der Waals surface area contributed by atoms with E-state index in [2.05, 4.69) is 4.90 Å². The smallest absolute Gasteiger partial charge is 0.316 e. The SMILES string of the molecule is CC(C)(C)C(=O)Oc1ccc(C2COc3cc(OC(=O)C(C)(C)C)cc(O)c3C2c2ccc(OCCN3CCCCC3)cc2)cc1.Cl. The van der Waals surface area contributed by atoms with E-state index in [9.17, 15) is 14.7 Å². The van der Waals surface area contributed by atoms with Crippen molar-refractivity contribution in [3.63, 3.8) is 0 Å². The van der Waals surface area contributed by atoms with Gasteiger partial charge in [0.05, 0.1) is 17.4 Å². The highest BCUT2D eigenvalue weighted by atomic mass is 35.5. The number of nitrogens with zero attached hydrogens (tertiary/aromatic N) is 1. The van der Waals surface area contributed by atoms with Crippen molar-refractivity contribution >= 4 is 24.3 Å². The Bertz CT molecular complexity index is 1520. The van der Waals surface area contributed by atoms with E-state index in [-0.39, 0.29) is 41.7 Å². The van der Waals surface area contributed by atoms with E-state index in [1.54, 1.807) is 39.0 Å². The molecule has 2 unspecified atom stereocenters. The third-order valence-electron chi connectivity index (χ3n) is 8.54. The summed E-state index contributed by atoms with van der Waals surface area (Å²) in [6, 6.07) is 18.6. The first kappa shape index (κ1) is 36.1. The van der Waals surface area contributed by atoms with Gasteiger partial charge >= 0.3 is 11.9 Å². The quantitative estimate of drug-likeness (QED) is 0.192. The molecule has 1 N–H and O–H groups in total. The van der Waals surface area contributed by atoms with Crippen LogP contribution in [-0.2, 0) is 9.59 Å². The highest BCUT2D eigenvalue weighted by Crippen LogP contribution is 2.51. The number of esters is 2. The highest BCUT2D eigenvalue weighted by molar-refractivity contribution is 5.85. The molecule has 254 valence electrons. The Morgan fingerprint density at radius 1 is 0.787 bits per heavy atom. The zero-order valence-electron chi connectivity index (χ0n) is 28.3. The third-order valence-corrected chi connectivity index (χ3v) is 8.54. The molecule has 5 rings (SSSR count). The van der Waals surface area contributed by atoms with Gasteiger partial charge in [-0.15, -0.1) is 12.4 Å². The van der Waals surface area contributed by atoms with Crippen LogP contribution in [0.5, 0.6) is 28.7 Å². The van der Waals surface area contributed by atoms with Crippen LogP contribution in [0.4, 0.5) is 0 Å². The van der Waals surface area contributed by atoms with Gasteiger partial charge in [0.2, 0.25) is 0 Å². The van der Waals surface area contributed by atoms with E-state index in [0.717, 1.165) is 36.5 Å². The first-order valence-corrected chi connectivity index (χ1v) is 16.3. The number of phenolic OH excluding ortho intramolecular Hbond substituents is 1. The normalized spacial score (nSPS) is 18.3. The van der Waals surface area contributed by atoms with Crippen molar-refractivity contribution in [1.29, 1.82) is 0 Å². The molecule has 9 heteroatoms. The molecule has 0 radical (unpaired) electrons. The van der Waals surface area contributed by atoms with Crippen LogP contribution in [0.1, 0.15) is 89.3 Å². The van der Waals surface area contributed by atoms with Crippen LogP contribution in [-0.4, -0.2) is 54.8 Å². The largest absolute Gasteiger partial charge is 0.507 e. The average Bonchev–Trinajstić information content (AvgIpc) is 3.01. The molecule has 3 aromatic carbocycles. The summed E-state index contributed by atoms with van der Waals surface area (Å²) in [5, 5.41) is 11.4. The van der Waals surface area contributed by atoms with Gasteiger partial charge in [-0.3, -0.25) is 14.5 Å². The molecule has 1 fully saturated rings. The van der Waals surface area contributed by atoms with Crippen LogP contribution >= 0.6 is 12.4 Å². The fourth-order valence-corrected chi connectivity index (χ4v) is 5.79. The first-order valence-electron chi connectivity index (χ1n) is 16.3. The maximum Gasteiger partial charge on any atom is 0.316 e. The standard InChI is InChI=1S/C38H47NO7.ClH/c1-37(2,3)35(41)45-28-16-10-25(11-17-28)30-24-44-32-23-29(46-36(42)38(4,5)6)22-31(40)34(32)33(30)26-12-14-27(15-13-26)43-21-20-39-18-8-7-9-19-39;/h10-17,22-23,30,33,40H,7-9,18-21,24H2,1-6H3;1H. The number of benzene rings is 3. The second-order valence-corrected chi connectivity index (χ2v) is 14.4. The van der Waals surface area contributed by atoms with Crippen LogP contribution in [0.25, 0.3) is 0 Å². The molecule has 2 aliphatic heterocycles. The predicted molar refractivity (Wildman–Crippen MR) is 184 cm³/mol. The van der Waals surface area contributed by atoms with Gasteiger partial charge in [-0.1, -0.05) is 30.7 Å². The molecule has 2 heterocycles. The Morgan fingerprint density at radius 3 is 1.94 bits per heavy atom. The number of fused-ring (bicyclic) bond motifs is 1. The number of phenols is 1. The monoisotopic (exact) mass is 665 g/mol. The number of ether oxygens (including phenoxy) is 4. The van der Waals surface area contributed by atoms with Gasteiger partial charge in [-0.05, 0) is 103 Å². The zero-order chi connectivity index (χ0) is 33.1. The Kier molecular flexibility index (Phi) is 11.5. The van der Waals surface area contributed by atoms with Crippen molar-refractivity contribution in [3.8, 4) is 28.7 Å². The van der Waals surface area contributed by atoms with E-state index in [1.807, 2.05) is 57.2 Å². The molecule has 3 aromatic rings. The number of hydrogen-bond donors (Lipinski definition) is 1. The number of likely N-dealkylation sites (tertiary alicyclic amines) is 1. The Balaban J connectivity index is 0.00000500. The number of hydrogen-bond acceptors (Lipinski definition) is 8. The maximum absolute atomic E-state index is 12.6. The van der Waals surface area contributed by atoms with E-state index in [0.29, 0.717) is 30.3 Å². The lowest BCUT2D eigenvalue weighted by Crippen LogP contribution is -2.33. The highest BCUT2D eigenvalue weighted by Gasteiger charge is 2.37. The minimum absolute atomic E-state index is 0. The topological polar surface area (TPSA) is 94.5 Å². The van der Waals surface area contributed by atoms with Crippen molar-refractivity contribution in [3.05, 3.63) is 77.4 Å². The van der Waals surface area contributed by atoms with Gasteiger partial charge in [0.25, 0.3) is 0 Å². The molecular weight excluding hydrogens is 618 g/mol. The minimum Gasteiger partial charge on any atom is -0.507 e. The number of rotatable bonds is 8. The lowest BCUT2D eigenvalue weighted by atomic mass is 9.75. The molecule has 0 aliphatic carbocycles. The van der Waals surface area contributed by atoms with Crippen molar-refractivity contribution < 1.29 is 33.6 Å². The van der Waals surface area contributed by atoms with E-state index in [1.165, 1.54) is 25.3 Å². The van der Waals surface area contributed by atoms with Crippen LogP contribution in [0.2, 0.25) is 0 Å². The molecule has 47 heavy (non-hydrogen) atoms. The van der Waals surface area contributed by atoms with Gasteiger partial charge < -0.3 is 24.1 Å². The molecule has 0 spiro atoms. The molecule has 0 aromatic heterocycles. The summed E-state index contributed by atoms with van der Waals surface area (Å²) >= 11 is 0. The zero-order valence-corrected chi connectivity index (χ0v) is 29.2. The number of piperidine rings is 1. The lowest BCUT2D eigenvalue weighted by molar-refractivity contribution is -0.143. The molecule has 0 amide bonds. The number of carbonyl (C=O) groups is 2. The summed E-state index contributed by atoms with van der Waals surface area (Å²) in [4.78, 5) is 27.5. The van der Waals surface area contributed by atoms with Gasteiger partial charge in [0, 0.05) is 36.1 Å². The van der Waals surface area contributed by atoms with Gasteiger partial charge in [0.1, 0.15) is 35.4 Å². The molecule has 8 nitrogen and oxygen atoms in total. The van der Waals surface area contributed by atoms with Crippen molar-refractivity contribution in [2.45, 2.75) is 72.6 Å². The molecule has 2 aliphatic rings. The van der Waals surface area contributed by atoms with Crippen LogP contribution in [0, 0.1) is 10.8 Å². The molecule has 0 saturated carbocycles. The molecule has 1 saturated heterocycles. The van der Waals surface area contributed by atoms with Crippen molar-refractivity contribution in [2.75, 3.05) is 32.8 Å². The van der Waals surface area contributed by atoms with Gasteiger partial charge in [-0.2, -0.15) is 0 Å². The summed E-state index contributed by atoms with van der Waals surface area (Å²) in [6.07, 6.45) is 3.81. The summed E-state index contributed by atoms with van der Waals surface area (Å²) in [5.41, 5.74) is 1.25. The summed E-state index contributed by atoms with van der Waals surface area (Å²) < 4.78 is 23.5. The van der Waals surface area contributed by atoms with Gasteiger partial charge in [-0.25, -0.2) is 0 Å². The average molecular weight is 666 g/mol. The van der Waals surface area contributed by atoms with Crippen LogP contribution in [0.3, 0.4) is 0 Å². The second-order valence-electron chi connectivity index (χ2n) is 14.4. The Labute approximate surface area is 284 Å². The van der Waals surface area contributed by atoms with E-state index < -0.39 is 16.8 Å². The third kappa shape index (κ3) is 8.99. The van der Waals surface area contributed by atoms with Crippen molar-refractivity contribution in [2.24, 2.45) is 10.8 Å². The predicted octanol–water partition coefficient (Wildman–Crippen LogP) is 7.89. The number of carbonyl (C=O) groups excluding carboxylic acids is 2. The number of halogens is 1. The molecule has 2 atom stereocenters. The fraction of sp³-hybridized carbons (Fsp3) is 0.474. The summed E-state index contributed by atoms with van der Waals surface area (Å²) in [7, 11) is 0. The minimum atomic E-state index is -0.703. The van der Waals surface area contributed by atoms with Crippen LogP contribution in [0.15, 0.2) is 60.7 Å². The Hall–Kier alpha value is -3.75. The fourth-order valence-electron chi connectivity index (χ4n) is 5.79.